The molecular formula is C29H40ClFN2O4S. The number of hydrogen-bond acceptors (Lipinski definition) is 5. The van der Waals surface area contributed by atoms with Gasteiger partial charge in [0.05, 0.1) is 15.6 Å². The van der Waals surface area contributed by atoms with E-state index in [1.54, 1.807) is 24.3 Å². The number of alkyl halides is 1. The van der Waals surface area contributed by atoms with Gasteiger partial charge in [0.15, 0.2) is 0 Å². The molecule has 210 valence electrons. The van der Waals surface area contributed by atoms with Crippen LogP contribution in [-0.2, 0) is 15.7 Å². The number of anilines is 2. The summed E-state index contributed by atoms with van der Waals surface area (Å²) in [7, 11) is -4.01. The van der Waals surface area contributed by atoms with E-state index in [0.717, 1.165) is 6.07 Å². The lowest BCUT2D eigenvalue weighted by Crippen LogP contribution is -2.14. The predicted octanol–water partition coefficient (Wildman–Crippen LogP) is 9.04. The van der Waals surface area contributed by atoms with Crippen LogP contribution in [0.4, 0.5) is 15.8 Å². The average molecular weight is 567 g/mol. The third kappa shape index (κ3) is 10.4. The molecule has 0 amide bonds. The molecule has 3 rings (SSSR count). The van der Waals surface area contributed by atoms with Gasteiger partial charge in [0.25, 0.3) is 10.0 Å². The third-order valence-corrected chi connectivity index (χ3v) is 6.84. The number of rotatable bonds is 9. The second-order valence-electron chi connectivity index (χ2n) is 8.78. The van der Waals surface area contributed by atoms with Crippen LogP contribution in [-0.4, -0.2) is 13.5 Å². The third-order valence-electron chi connectivity index (χ3n) is 5.17. The van der Waals surface area contributed by atoms with Gasteiger partial charge in [-0.15, -0.1) is 0 Å². The van der Waals surface area contributed by atoms with E-state index in [0.29, 0.717) is 11.4 Å². The van der Waals surface area contributed by atoms with Crippen molar-refractivity contribution in [1.82, 2.24) is 0 Å². The number of unbranched alkanes of at least 4 members (excludes halogenated alkanes) is 3. The van der Waals surface area contributed by atoms with Gasteiger partial charge < -0.3 is 15.6 Å². The maximum atomic E-state index is 14.0. The van der Waals surface area contributed by atoms with Crippen molar-refractivity contribution in [3.63, 3.8) is 0 Å². The highest BCUT2D eigenvalue weighted by molar-refractivity contribution is 7.92. The number of ether oxygens (including phenoxy) is 1. The number of sulfonamides is 1. The molecule has 3 aromatic carbocycles. The number of benzene rings is 3. The topological polar surface area (TPSA) is 102 Å². The fraction of sp³-hybridized carbons (Fsp3) is 0.379. The van der Waals surface area contributed by atoms with Crippen molar-refractivity contribution in [2.75, 3.05) is 10.5 Å². The van der Waals surface area contributed by atoms with Gasteiger partial charge in [0.1, 0.15) is 22.9 Å². The van der Waals surface area contributed by atoms with Gasteiger partial charge in [-0.2, -0.15) is 0 Å². The van der Waals surface area contributed by atoms with Gasteiger partial charge in [0, 0.05) is 17.3 Å². The summed E-state index contributed by atoms with van der Waals surface area (Å²) in [4.78, 5) is -0.105. The van der Waals surface area contributed by atoms with Crippen LogP contribution in [0.15, 0.2) is 65.6 Å². The normalized spacial score (nSPS) is 10.9. The highest BCUT2D eigenvalue weighted by Crippen LogP contribution is 2.35. The summed E-state index contributed by atoms with van der Waals surface area (Å²) >= 11 is 6.19. The number of aromatic hydroxyl groups is 1. The smallest absolute Gasteiger partial charge is 0.261 e. The van der Waals surface area contributed by atoms with Crippen LogP contribution in [0.5, 0.6) is 17.2 Å². The van der Waals surface area contributed by atoms with Crippen molar-refractivity contribution in [3.8, 4) is 17.2 Å². The minimum atomic E-state index is -4.01. The van der Waals surface area contributed by atoms with E-state index in [1.807, 2.05) is 13.8 Å². The van der Waals surface area contributed by atoms with Gasteiger partial charge in [0.2, 0.25) is 0 Å². The molecule has 3 aromatic rings. The summed E-state index contributed by atoms with van der Waals surface area (Å²) in [5.41, 5.74) is 4.58. The first kappa shape index (κ1) is 33.1. The minimum Gasteiger partial charge on any atom is -0.507 e. The molecule has 0 aromatic heterocycles. The van der Waals surface area contributed by atoms with E-state index in [4.69, 9.17) is 22.1 Å². The molecule has 0 aliphatic heterocycles. The Balaban J connectivity index is 0.000000795. The van der Waals surface area contributed by atoms with Crippen molar-refractivity contribution in [2.24, 2.45) is 0 Å². The second kappa shape index (κ2) is 15.4. The molecule has 0 radical (unpaired) electrons. The summed E-state index contributed by atoms with van der Waals surface area (Å²) in [6.07, 6.45) is 5.54. The molecule has 0 bridgehead atoms. The molecule has 0 saturated carbocycles. The van der Waals surface area contributed by atoms with Crippen molar-refractivity contribution in [1.29, 1.82) is 0 Å². The predicted molar refractivity (Wildman–Crippen MR) is 157 cm³/mol. The Hall–Kier alpha value is -2.97. The Labute approximate surface area is 232 Å². The zero-order valence-corrected chi connectivity index (χ0v) is 24.6. The maximum absolute atomic E-state index is 14.0. The molecule has 6 nitrogen and oxygen atoms in total. The first-order valence-corrected chi connectivity index (χ1v) is 14.6. The molecule has 9 heteroatoms. The zero-order chi connectivity index (χ0) is 28.9. The van der Waals surface area contributed by atoms with Crippen LogP contribution in [0.2, 0.25) is 5.02 Å². The van der Waals surface area contributed by atoms with Gasteiger partial charge in [-0.1, -0.05) is 71.0 Å². The van der Waals surface area contributed by atoms with Crippen molar-refractivity contribution >= 4 is 33.0 Å². The van der Waals surface area contributed by atoms with Crippen LogP contribution in [0.3, 0.4) is 0 Å². The highest BCUT2D eigenvalue weighted by Gasteiger charge is 2.24. The largest absolute Gasteiger partial charge is 0.507 e. The van der Waals surface area contributed by atoms with E-state index in [-0.39, 0.29) is 32.7 Å². The second-order valence-corrected chi connectivity index (χ2v) is 10.9. The lowest BCUT2D eigenvalue weighted by Gasteiger charge is -2.17. The summed E-state index contributed by atoms with van der Waals surface area (Å²) in [6.45, 7) is 11.1. The lowest BCUT2D eigenvalue weighted by atomic mass is 9.99. The molecule has 0 unspecified atom stereocenters. The standard InChI is InChI=1S/C21H20ClFN2O4S.C6H14.C2H6/c1-21(2,23)17-9-5-14(11-19(17)26)25-30(27,28)16-8-10-20(18(22)12-16)29-15-6-3-13(24)4-7-15;1-3-5-6-4-2;1-2/h3-12,25-26H,24H2,1-2H3;3-6H2,1-2H3;1-2H3. The zero-order valence-electron chi connectivity index (χ0n) is 23.0. The van der Waals surface area contributed by atoms with Gasteiger partial charge in [-0.05, 0) is 62.4 Å². The van der Waals surface area contributed by atoms with E-state index >= 15 is 0 Å². The van der Waals surface area contributed by atoms with Crippen LogP contribution < -0.4 is 15.2 Å². The maximum Gasteiger partial charge on any atom is 0.261 e. The quantitative estimate of drug-likeness (QED) is 0.177. The Morgan fingerprint density at radius 1 is 0.974 bits per heavy atom. The number of halogens is 2. The molecule has 0 aliphatic rings. The van der Waals surface area contributed by atoms with Crippen molar-refractivity contribution in [3.05, 3.63) is 71.2 Å². The van der Waals surface area contributed by atoms with Crippen LogP contribution >= 0.6 is 11.6 Å². The molecule has 0 heterocycles. The van der Waals surface area contributed by atoms with E-state index in [2.05, 4.69) is 18.6 Å². The van der Waals surface area contributed by atoms with Gasteiger partial charge in [-0.3, -0.25) is 4.72 Å². The monoisotopic (exact) mass is 566 g/mol. The number of nitrogens with one attached hydrogen (secondary N) is 1. The molecule has 0 aliphatic carbocycles. The average Bonchev–Trinajstić information content (AvgIpc) is 2.86. The Morgan fingerprint density at radius 2 is 1.55 bits per heavy atom. The van der Waals surface area contributed by atoms with Gasteiger partial charge in [-0.25, -0.2) is 12.8 Å². The molecule has 4 N–H and O–H groups in total. The number of phenols is 1. The van der Waals surface area contributed by atoms with Crippen molar-refractivity contribution in [2.45, 2.75) is 77.8 Å². The molecular weight excluding hydrogens is 527 g/mol. The molecule has 0 saturated heterocycles. The Bertz CT molecular complexity index is 1240. The number of hydrogen-bond donors (Lipinski definition) is 3. The lowest BCUT2D eigenvalue weighted by molar-refractivity contribution is 0.215. The van der Waals surface area contributed by atoms with Crippen LogP contribution in [0.1, 0.15) is 72.8 Å². The summed E-state index contributed by atoms with van der Waals surface area (Å²) < 4.78 is 47.4. The summed E-state index contributed by atoms with van der Waals surface area (Å²) in [5.74, 6) is 0.409. The van der Waals surface area contributed by atoms with Crippen LogP contribution in [0.25, 0.3) is 0 Å². The number of phenolic OH excluding ortho intramolecular Hbond substituents is 1. The number of nitrogens with two attached hydrogens (primary N) is 1. The molecule has 0 spiro atoms. The first-order chi connectivity index (χ1) is 17.9. The number of nitrogen functional groups attached to an aromatic ring is 1. The first-order valence-electron chi connectivity index (χ1n) is 12.8. The SMILES string of the molecule is CC.CC(C)(F)c1ccc(NS(=O)(=O)c2ccc(Oc3ccc(N)cc3)c(Cl)c2)cc1O.CCCCCC. The summed E-state index contributed by atoms with van der Waals surface area (Å²) in [5, 5.41) is 10.1. The molecule has 0 atom stereocenters. The fourth-order valence-corrected chi connectivity index (χ4v) is 4.57. The van der Waals surface area contributed by atoms with E-state index < -0.39 is 15.7 Å². The van der Waals surface area contributed by atoms with E-state index in [9.17, 15) is 17.9 Å². The summed E-state index contributed by atoms with van der Waals surface area (Å²) in [6, 6.07) is 14.5. The van der Waals surface area contributed by atoms with Gasteiger partial charge >= 0.3 is 0 Å². The fourth-order valence-electron chi connectivity index (χ4n) is 3.21. The van der Waals surface area contributed by atoms with Crippen molar-refractivity contribution < 1.29 is 22.7 Å². The van der Waals surface area contributed by atoms with E-state index in [1.165, 1.54) is 69.9 Å². The molecule has 0 fully saturated rings. The Morgan fingerprint density at radius 3 is 2.03 bits per heavy atom. The highest BCUT2D eigenvalue weighted by atomic mass is 35.5. The Kier molecular flexibility index (Phi) is 13.4. The molecule has 38 heavy (non-hydrogen) atoms. The minimum absolute atomic E-state index is 0.0534. The van der Waals surface area contributed by atoms with Crippen LogP contribution in [0, 0.1) is 0 Å².